The molecule has 8 nitrogen and oxygen atoms in total. The van der Waals surface area contributed by atoms with Crippen molar-refractivity contribution in [2.45, 2.75) is 0 Å². The van der Waals surface area contributed by atoms with Gasteiger partial charge in [-0.2, -0.15) is 0 Å². The zero-order chi connectivity index (χ0) is 62.2. The van der Waals surface area contributed by atoms with Crippen molar-refractivity contribution in [1.29, 1.82) is 0 Å². The van der Waals surface area contributed by atoms with Crippen LogP contribution in [0.4, 0.5) is 0 Å². The summed E-state index contributed by atoms with van der Waals surface area (Å²) in [6.07, 6.45) is 7.53. The van der Waals surface area contributed by atoms with E-state index in [2.05, 4.69) is 246 Å². The first-order valence-electron chi connectivity index (χ1n) is 31.9. The minimum absolute atomic E-state index is 0.747. The molecule has 0 aliphatic carbocycles. The Kier molecular flexibility index (Phi) is 11.6. The van der Waals surface area contributed by atoms with E-state index >= 15 is 0 Å². The lowest BCUT2D eigenvalue weighted by molar-refractivity contribution is 0.668. The number of hydrogen-bond donors (Lipinski definition) is 0. The molecule has 0 aliphatic heterocycles. The minimum Gasteiger partial charge on any atom is -0.456 e. The van der Waals surface area contributed by atoms with Crippen molar-refractivity contribution in [3.8, 4) is 94.7 Å². The van der Waals surface area contributed by atoms with Crippen molar-refractivity contribution >= 4 is 110 Å². The fourth-order valence-electron chi connectivity index (χ4n) is 14.5. The van der Waals surface area contributed by atoms with Gasteiger partial charge in [-0.3, -0.25) is 15.0 Å². The molecule has 95 heavy (non-hydrogen) atoms. The number of fused-ring (bicyclic) bond motifs is 15. The van der Waals surface area contributed by atoms with Crippen LogP contribution in [0.25, 0.3) is 205 Å². The van der Waals surface area contributed by atoms with Crippen LogP contribution in [0.15, 0.2) is 322 Å². The van der Waals surface area contributed by atoms with E-state index in [0.717, 1.165) is 205 Å². The molecule has 0 atom stereocenters. The number of aromatic nitrogens is 4. The van der Waals surface area contributed by atoms with E-state index in [-0.39, 0.29) is 0 Å². The minimum atomic E-state index is 0.747. The molecule has 0 bridgehead atoms. The summed E-state index contributed by atoms with van der Waals surface area (Å²) in [5.74, 6) is 0. The zero-order valence-electron chi connectivity index (χ0n) is 50.8. The highest BCUT2D eigenvalue weighted by Crippen LogP contribution is 2.45. The van der Waals surface area contributed by atoms with Crippen molar-refractivity contribution in [3.63, 3.8) is 0 Å². The number of benzene rings is 12. The molecular weight excluding hydrogens is 1160 g/mol. The molecule has 0 amide bonds. The van der Waals surface area contributed by atoms with E-state index in [1.54, 1.807) is 0 Å². The quantitative estimate of drug-likeness (QED) is 0.142. The Morgan fingerprint density at radius 3 is 1.27 bits per heavy atom. The summed E-state index contributed by atoms with van der Waals surface area (Å²) in [4.78, 5) is 14.3. The molecular formula is C87H50N4O4. The number of pyridine rings is 3. The van der Waals surface area contributed by atoms with Gasteiger partial charge in [0.15, 0.2) is 11.2 Å². The van der Waals surface area contributed by atoms with E-state index in [1.165, 1.54) is 0 Å². The van der Waals surface area contributed by atoms with Crippen molar-refractivity contribution in [2.24, 2.45) is 0 Å². The van der Waals surface area contributed by atoms with Gasteiger partial charge in [-0.1, -0.05) is 133 Å². The maximum Gasteiger partial charge on any atom is 0.153 e. The highest BCUT2D eigenvalue weighted by Gasteiger charge is 2.21. The first-order chi connectivity index (χ1) is 47.0. The maximum atomic E-state index is 6.80. The zero-order valence-corrected chi connectivity index (χ0v) is 50.8. The second kappa shape index (κ2) is 20.8. The van der Waals surface area contributed by atoms with E-state index in [4.69, 9.17) is 27.6 Å². The lowest BCUT2D eigenvalue weighted by Crippen LogP contribution is -1.93. The van der Waals surface area contributed by atoms with E-state index in [0.29, 0.717) is 0 Å². The summed E-state index contributed by atoms with van der Waals surface area (Å²) in [6, 6.07) is 99.3. The van der Waals surface area contributed by atoms with Crippen molar-refractivity contribution < 1.29 is 17.7 Å². The SMILES string of the molecule is c1cc(-c2cccc(-c3cccc(-c4cc(-c5ccc6c(c5)c5ccccc5n6-c5ccc6oc7ccc(-c8cncc(-c9ccc%10oc%11ccccc%11c%10c9)c8)cc7c6c5)c5oc6cccnc6c5c4)c3)c2)cc(-c2cccc(-c3ccc4oc5cccnc5c4c3)c2)c1. The maximum absolute atomic E-state index is 6.80. The van der Waals surface area contributed by atoms with E-state index in [9.17, 15) is 0 Å². The highest BCUT2D eigenvalue weighted by atomic mass is 16.3. The van der Waals surface area contributed by atoms with Crippen LogP contribution < -0.4 is 0 Å². The van der Waals surface area contributed by atoms with Gasteiger partial charge in [0.2, 0.25) is 0 Å². The van der Waals surface area contributed by atoms with Gasteiger partial charge >= 0.3 is 0 Å². The molecule has 20 aromatic rings. The number of rotatable bonds is 9. The van der Waals surface area contributed by atoms with Gasteiger partial charge in [0, 0.05) is 90.3 Å². The summed E-state index contributed by atoms with van der Waals surface area (Å²) in [5.41, 5.74) is 29.0. The summed E-state index contributed by atoms with van der Waals surface area (Å²) in [7, 11) is 0. The molecule has 0 saturated heterocycles. The fourth-order valence-corrected chi connectivity index (χ4v) is 14.5. The van der Waals surface area contributed by atoms with E-state index in [1.807, 2.05) is 67.3 Å². The topological polar surface area (TPSA) is 96.2 Å². The Bertz CT molecular complexity index is 6570. The average molecular weight is 1220 g/mol. The van der Waals surface area contributed by atoms with Gasteiger partial charge in [0.25, 0.3) is 0 Å². The van der Waals surface area contributed by atoms with E-state index < -0.39 is 0 Å². The largest absolute Gasteiger partial charge is 0.456 e. The third kappa shape index (κ3) is 8.65. The molecule has 12 aromatic carbocycles. The number of furan rings is 4. The fraction of sp³-hybridized carbons (Fsp3) is 0. The predicted octanol–water partition coefficient (Wildman–Crippen LogP) is 23.9. The first kappa shape index (κ1) is 52.8. The van der Waals surface area contributed by atoms with Gasteiger partial charge in [0.05, 0.1) is 11.0 Å². The van der Waals surface area contributed by atoms with Crippen LogP contribution >= 0.6 is 0 Å². The third-order valence-electron chi connectivity index (χ3n) is 19.1. The molecule has 8 heterocycles. The average Bonchev–Trinajstić information content (AvgIpc) is 1.61. The molecule has 8 aromatic heterocycles. The molecule has 0 N–H and O–H groups in total. The van der Waals surface area contributed by atoms with Crippen LogP contribution in [-0.4, -0.2) is 19.5 Å². The van der Waals surface area contributed by atoms with Gasteiger partial charge < -0.3 is 22.2 Å². The molecule has 0 saturated carbocycles. The molecule has 0 radical (unpaired) electrons. The molecule has 20 rings (SSSR count). The lowest BCUT2D eigenvalue weighted by atomic mass is 9.92. The standard InChI is InChI=1S/C87H50N4O4/c1-3-21-76-67(19-1)70-45-62(25-30-77(70)91(76)66-29-34-81-73(48-66)72-43-61(28-32-80(72)93-81)65-41-64(49-88-50-65)60-27-31-79-71(42-60)68-20-2-4-22-78(68)92-79)69-46-63(47-75-86-84(95-87(69)75)24-10-36-90-86)58-18-8-16-56(40-58)54-14-6-12-52(38-54)51-11-5-13-53(37-51)55-15-7-17-57(39-55)59-26-33-82-74(44-59)85-83(94-82)23-9-35-89-85/h1-50H. The molecule has 8 heteroatoms. The smallest absolute Gasteiger partial charge is 0.153 e. The van der Waals surface area contributed by atoms with Crippen molar-refractivity contribution in [3.05, 3.63) is 304 Å². The van der Waals surface area contributed by atoms with Crippen LogP contribution in [0.3, 0.4) is 0 Å². The Morgan fingerprint density at radius 2 is 0.642 bits per heavy atom. The second-order valence-corrected chi connectivity index (χ2v) is 24.7. The van der Waals surface area contributed by atoms with Gasteiger partial charge in [-0.05, 0) is 218 Å². The monoisotopic (exact) mass is 1210 g/mol. The predicted molar refractivity (Wildman–Crippen MR) is 387 cm³/mol. The van der Waals surface area contributed by atoms with Crippen LogP contribution in [0, 0.1) is 0 Å². The van der Waals surface area contributed by atoms with Gasteiger partial charge in [-0.25, -0.2) is 0 Å². The number of para-hydroxylation sites is 2. The molecule has 0 spiro atoms. The third-order valence-corrected chi connectivity index (χ3v) is 19.1. The molecule has 442 valence electrons. The van der Waals surface area contributed by atoms with Crippen molar-refractivity contribution in [2.75, 3.05) is 0 Å². The summed E-state index contributed by atoms with van der Waals surface area (Å²) in [6.45, 7) is 0. The number of nitrogens with zero attached hydrogens (tertiary/aromatic N) is 4. The number of hydrogen-bond acceptors (Lipinski definition) is 7. The Balaban J connectivity index is 0.638. The molecule has 0 aliphatic rings. The van der Waals surface area contributed by atoms with Gasteiger partial charge in [0.1, 0.15) is 44.5 Å². The molecule has 0 fully saturated rings. The highest BCUT2D eigenvalue weighted by molar-refractivity contribution is 6.15. The Hall–Kier alpha value is -12.9. The van der Waals surface area contributed by atoms with Crippen LogP contribution in [-0.2, 0) is 0 Å². The van der Waals surface area contributed by atoms with Crippen molar-refractivity contribution in [1.82, 2.24) is 19.5 Å². The van der Waals surface area contributed by atoms with Crippen LogP contribution in [0.5, 0.6) is 0 Å². The molecule has 0 unspecified atom stereocenters. The van der Waals surface area contributed by atoms with Crippen LogP contribution in [0.2, 0.25) is 0 Å². The Morgan fingerprint density at radius 1 is 0.232 bits per heavy atom. The second-order valence-electron chi connectivity index (χ2n) is 24.7. The summed E-state index contributed by atoms with van der Waals surface area (Å²) in [5, 5.41) is 8.53. The normalized spacial score (nSPS) is 12.0. The van der Waals surface area contributed by atoms with Gasteiger partial charge in [-0.15, -0.1) is 0 Å². The Labute approximate surface area is 542 Å². The summed E-state index contributed by atoms with van der Waals surface area (Å²) >= 11 is 0. The summed E-state index contributed by atoms with van der Waals surface area (Å²) < 4.78 is 28.0. The first-order valence-corrected chi connectivity index (χ1v) is 31.9. The lowest BCUT2D eigenvalue weighted by Gasteiger charge is -2.12. The van der Waals surface area contributed by atoms with Crippen LogP contribution in [0.1, 0.15) is 0 Å².